The van der Waals surface area contributed by atoms with E-state index in [4.69, 9.17) is 4.74 Å². The summed E-state index contributed by atoms with van der Waals surface area (Å²) in [4.78, 5) is 36.8. The van der Waals surface area contributed by atoms with Gasteiger partial charge in [-0.25, -0.2) is 0 Å². The standard InChI is InChI=1S/C24H34O4/c1-14-12-18-19(22(4)9-6-17(27)13-21(14)22)7-10-23(5)20(18)8-11-24(23,15(2)25)28-16(3)26/h13-14,18-20H,6-12H2,1-5H3/t14-,18+,19-,20-,22-,23-,24-/m1/s1. The van der Waals surface area contributed by atoms with Crippen LogP contribution in [0, 0.1) is 34.5 Å². The molecule has 28 heavy (non-hydrogen) atoms. The maximum atomic E-state index is 12.8. The summed E-state index contributed by atoms with van der Waals surface area (Å²) in [5, 5.41) is 0. The minimum Gasteiger partial charge on any atom is -0.451 e. The van der Waals surface area contributed by atoms with Crippen LogP contribution in [0.15, 0.2) is 11.6 Å². The maximum absolute atomic E-state index is 12.8. The van der Waals surface area contributed by atoms with E-state index in [-0.39, 0.29) is 28.4 Å². The fourth-order valence-electron chi connectivity index (χ4n) is 8.05. The Morgan fingerprint density at radius 2 is 1.75 bits per heavy atom. The first kappa shape index (κ1) is 19.8. The van der Waals surface area contributed by atoms with E-state index in [0.717, 1.165) is 32.1 Å². The number of fused-ring (bicyclic) bond motifs is 5. The van der Waals surface area contributed by atoms with E-state index in [2.05, 4.69) is 20.8 Å². The Morgan fingerprint density at radius 1 is 1.07 bits per heavy atom. The highest BCUT2D eigenvalue weighted by atomic mass is 16.6. The van der Waals surface area contributed by atoms with E-state index in [9.17, 15) is 14.4 Å². The fraction of sp³-hybridized carbons (Fsp3) is 0.792. The lowest BCUT2D eigenvalue weighted by Gasteiger charge is -2.60. The van der Waals surface area contributed by atoms with Gasteiger partial charge in [0.15, 0.2) is 17.2 Å². The van der Waals surface area contributed by atoms with Crippen molar-refractivity contribution in [2.24, 2.45) is 34.5 Å². The van der Waals surface area contributed by atoms with Crippen LogP contribution in [0.1, 0.15) is 79.6 Å². The number of ether oxygens (including phenoxy) is 1. The molecule has 4 rings (SSSR count). The van der Waals surface area contributed by atoms with Crippen molar-refractivity contribution >= 4 is 17.5 Å². The van der Waals surface area contributed by atoms with Crippen molar-refractivity contribution in [2.75, 3.05) is 0 Å². The van der Waals surface area contributed by atoms with Gasteiger partial charge in [-0.15, -0.1) is 0 Å². The topological polar surface area (TPSA) is 60.4 Å². The number of allylic oxidation sites excluding steroid dienone is 1. The van der Waals surface area contributed by atoms with Crippen LogP contribution < -0.4 is 0 Å². The van der Waals surface area contributed by atoms with Crippen LogP contribution in [0.25, 0.3) is 0 Å². The summed E-state index contributed by atoms with van der Waals surface area (Å²) in [5.41, 5.74) is 0.218. The molecule has 0 aromatic heterocycles. The van der Waals surface area contributed by atoms with E-state index >= 15 is 0 Å². The molecule has 0 spiro atoms. The monoisotopic (exact) mass is 386 g/mol. The van der Waals surface area contributed by atoms with Crippen molar-refractivity contribution in [1.29, 1.82) is 0 Å². The van der Waals surface area contributed by atoms with Crippen molar-refractivity contribution in [2.45, 2.75) is 85.2 Å². The molecule has 0 unspecified atom stereocenters. The Balaban J connectivity index is 1.73. The highest BCUT2D eigenvalue weighted by Crippen LogP contribution is 2.69. The molecule has 4 aliphatic carbocycles. The Morgan fingerprint density at radius 3 is 2.39 bits per heavy atom. The van der Waals surface area contributed by atoms with Crippen LogP contribution in [0.3, 0.4) is 0 Å². The van der Waals surface area contributed by atoms with Crippen LogP contribution >= 0.6 is 0 Å². The molecule has 3 fully saturated rings. The molecular formula is C24H34O4. The fourth-order valence-corrected chi connectivity index (χ4v) is 8.05. The highest BCUT2D eigenvalue weighted by Gasteiger charge is 2.68. The quantitative estimate of drug-likeness (QED) is 0.648. The molecule has 0 amide bonds. The SMILES string of the molecule is CC(=O)O[C@@]1(C(C)=O)CC[C@@H]2[C@H]3C[C@@H](C)C4=CC(=O)CC[C@]4(C)[C@@H]3CC[C@]21C. The predicted octanol–water partition coefficient (Wildman–Crippen LogP) is 4.66. The zero-order chi connectivity index (χ0) is 20.5. The third-order valence-corrected chi connectivity index (χ3v) is 9.29. The number of hydrogen-bond acceptors (Lipinski definition) is 4. The second kappa shape index (κ2) is 6.27. The highest BCUT2D eigenvalue weighted by molar-refractivity contribution is 5.92. The third-order valence-electron chi connectivity index (χ3n) is 9.29. The van der Waals surface area contributed by atoms with Gasteiger partial charge in [0.05, 0.1) is 0 Å². The Bertz CT molecular complexity index is 767. The van der Waals surface area contributed by atoms with E-state index in [1.54, 1.807) is 6.92 Å². The lowest BCUT2D eigenvalue weighted by Crippen LogP contribution is -2.59. The van der Waals surface area contributed by atoms with Gasteiger partial charge in [-0.1, -0.05) is 26.3 Å². The van der Waals surface area contributed by atoms with Crippen molar-refractivity contribution in [1.82, 2.24) is 0 Å². The van der Waals surface area contributed by atoms with Gasteiger partial charge in [0.1, 0.15) is 0 Å². The Hall–Kier alpha value is -1.45. The van der Waals surface area contributed by atoms with Crippen LogP contribution in [0.4, 0.5) is 0 Å². The molecule has 0 bridgehead atoms. The molecule has 0 radical (unpaired) electrons. The molecule has 4 heteroatoms. The summed E-state index contributed by atoms with van der Waals surface area (Å²) in [7, 11) is 0. The Kier molecular flexibility index (Phi) is 4.45. The molecule has 0 aromatic rings. The molecular weight excluding hydrogens is 352 g/mol. The second-order valence-electron chi connectivity index (χ2n) is 10.5. The van der Waals surface area contributed by atoms with Gasteiger partial charge in [-0.05, 0) is 80.6 Å². The number of rotatable bonds is 2. The number of hydrogen-bond donors (Lipinski definition) is 0. The van der Waals surface area contributed by atoms with Gasteiger partial charge >= 0.3 is 5.97 Å². The van der Waals surface area contributed by atoms with E-state index in [0.29, 0.717) is 36.5 Å². The van der Waals surface area contributed by atoms with Gasteiger partial charge in [-0.2, -0.15) is 0 Å². The van der Waals surface area contributed by atoms with Crippen molar-refractivity contribution < 1.29 is 19.1 Å². The largest absolute Gasteiger partial charge is 0.451 e. The molecule has 3 saturated carbocycles. The average Bonchev–Trinajstić information content (AvgIpc) is 2.90. The molecule has 0 aromatic carbocycles. The summed E-state index contributed by atoms with van der Waals surface area (Å²) in [6.45, 7) is 9.87. The van der Waals surface area contributed by atoms with Crippen LogP contribution in [0.2, 0.25) is 0 Å². The summed E-state index contributed by atoms with van der Waals surface area (Å²) >= 11 is 0. The first-order valence-electron chi connectivity index (χ1n) is 11.0. The molecule has 0 aliphatic heterocycles. The first-order chi connectivity index (χ1) is 13.0. The first-order valence-corrected chi connectivity index (χ1v) is 11.0. The van der Waals surface area contributed by atoms with Crippen molar-refractivity contribution in [3.8, 4) is 0 Å². The van der Waals surface area contributed by atoms with Crippen molar-refractivity contribution in [3.05, 3.63) is 11.6 Å². The normalized spacial score (nSPS) is 47.5. The molecule has 0 saturated heterocycles. The lowest BCUT2D eigenvalue weighted by molar-refractivity contribution is -0.187. The number of ketones is 2. The second-order valence-corrected chi connectivity index (χ2v) is 10.5. The minimum atomic E-state index is -0.961. The summed E-state index contributed by atoms with van der Waals surface area (Å²) < 4.78 is 5.84. The third kappa shape index (κ3) is 2.45. The minimum absolute atomic E-state index is 0.00469. The molecule has 4 aliphatic rings. The van der Waals surface area contributed by atoms with Gasteiger partial charge in [0, 0.05) is 18.8 Å². The Labute approximate surface area is 168 Å². The van der Waals surface area contributed by atoms with E-state index in [1.807, 2.05) is 6.08 Å². The van der Waals surface area contributed by atoms with E-state index < -0.39 is 5.60 Å². The summed E-state index contributed by atoms with van der Waals surface area (Å²) in [6, 6.07) is 0. The molecule has 7 atom stereocenters. The lowest BCUT2D eigenvalue weighted by atomic mass is 9.44. The van der Waals surface area contributed by atoms with Gasteiger partial charge < -0.3 is 4.74 Å². The van der Waals surface area contributed by atoms with Gasteiger partial charge in [0.25, 0.3) is 0 Å². The summed E-state index contributed by atoms with van der Waals surface area (Å²) in [6.07, 6.45) is 8.19. The van der Waals surface area contributed by atoms with Crippen LogP contribution in [-0.2, 0) is 19.1 Å². The van der Waals surface area contributed by atoms with Crippen LogP contribution in [0.5, 0.6) is 0 Å². The maximum Gasteiger partial charge on any atom is 0.303 e. The smallest absolute Gasteiger partial charge is 0.303 e. The van der Waals surface area contributed by atoms with Gasteiger partial charge in [0.2, 0.25) is 0 Å². The van der Waals surface area contributed by atoms with E-state index in [1.165, 1.54) is 12.5 Å². The number of carbonyl (C=O) groups excluding carboxylic acids is 3. The number of esters is 1. The van der Waals surface area contributed by atoms with Gasteiger partial charge in [-0.3, -0.25) is 14.4 Å². The molecule has 4 nitrogen and oxygen atoms in total. The van der Waals surface area contributed by atoms with Crippen LogP contribution in [-0.4, -0.2) is 23.1 Å². The molecule has 0 heterocycles. The zero-order valence-electron chi connectivity index (χ0n) is 18.0. The number of carbonyl (C=O) groups is 3. The summed E-state index contributed by atoms with van der Waals surface area (Å²) in [5.74, 6) is 1.82. The molecule has 0 N–H and O–H groups in total. The average molecular weight is 387 g/mol. The predicted molar refractivity (Wildman–Crippen MR) is 106 cm³/mol. The van der Waals surface area contributed by atoms with Crippen molar-refractivity contribution in [3.63, 3.8) is 0 Å². The number of Topliss-reactive ketones (excluding diaryl/α,β-unsaturated/α-hetero) is 1. The zero-order valence-corrected chi connectivity index (χ0v) is 18.0. The molecule has 154 valence electrons.